The molecule has 1 fully saturated rings. The molecule has 0 unspecified atom stereocenters. The predicted molar refractivity (Wildman–Crippen MR) is 128 cm³/mol. The number of hydrogen-bond acceptors (Lipinski definition) is 5. The van der Waals surface area contributed by atoms with Crippen molar-refractivity contribution in [1.29, 1.82) is 0 Å². The third-order valence-electron chi connectivity index (χ3n) is 5.36. The zero-order chi connectivity index (χ0) is 21.5. The number of nitrogens with one attached hydrogen (secondary N) is 1. The highest BCUT2D eigenvalue weighted by atomic mass is 32.1. The van der Waals surface area contributed by atoms with Crippen LogP contribution < -0.4 is 15.8 Å². The van der Waals surface area contributed by atoms with Crippen LogP contribution in [0.2, 0.25) is 0 Å². The summed E-state index contributed by atoms with van der Waals surface area (Å²) in [5.74, 6) is 2.57. The average molecular weight is 436 g/mol. The minimum atomic E-state index is 0.442. The Balaban J connectivity index is 1.23. The number of para-hydroxylation sites is 1. The highest BCUT2D eigenvalue weighted by Gasteiger charge is 2.19. The Kier molecular flexibility index (Phi) is 7.17. The van der Waals surface area contributed by atoms with E-state index in [-0.39, 0.29) is 0 Å². The average Bonchev–Trinajstić information content (AvgIpc) is 3.19. The Labute approximate surface area is 187 Å². The van der Waals surface area contributed by atoms with Gasteiger partial charge in [-0.2, -0.15) is 0 Å². The first-order chi connectivity index (χ1) is 15.1. The van der Waals surface area contributed by atoms with Crippen LogP contribution in [0, 0.1) is 12.8 Å². The summed E-state index contributed by atoms with van der Waals surface area (Å²) in [5, 5.41) is 6.48. The summed E-state index contributed by atoms with van der Waals surface area (Å²) >= 11 is 1.72. The maximum absolute atomic E-state index is 6.14. The number of rotatable bonds is 7. The number of nitrogens with two attached hydrogens (primary N) is 1. The Hall–Kier alpha value is -2.90. The van der Waals surface area contributed by atoms with Crippen LogP contribution in [0.1, 0.15) is 23.5 Å². The molecule has 31 heavy (non-hydrogen) atoms. The minimum absolute atomic E-state index is 0.442. The van der Waals surface area contributed by atoms with Gasteiger partial charge in [0, 0.05) is 30.2 Å². The van der Waals surface area contributed by atoms with Gasteiger partial charge in [0.1, 0.15) is 11.5 Å². The van der Waals surface area contributed by atoms with Gasteiger partial charge in [-0.15, -0.1) is 11.3 Å². The van der Waals surface area contributed by atoms with Gasteiger partial charge in [0.2, 0.25) is 0 Å². The molecule has 3 N–H and O–H groups in total. The maximum atomic E-state index is 6.14. The zero-order valence-electron chi connectivity index (χ0n) is 17.8. The van der Waals surface area contributed by atoms with Gasteiger partial charge >= 0.3 is 0 Å². The molecule has 0 bridgehead atoms. The normalized spacial score (nSPS) is 15.7. The van der Waals surface area contributed by atoms with Crippen LogP contribution in [0.5, 0.6) is 11.5 Å². The van der Waals surface area contributed by atoms with Crippen LogP contribution >= 0.6 is 11.3 Å². The van der Waals surface area contributed by atoms with Crippen LogP contribution in [0.25, 0.3) is 0 Å². The first-order valence-corrected chi connectivity index (χ1v) is 11.6. The van der Waals surface area contributed by atoms with Gasteiger partial charge in [0.05, 0.1) is 10.7 Å². The number of guanidine groups is 1. The number of aliphatic imine (C=N–C) groups is 1. The highest BCUT2D eigenvalue weighted by Crippen LogP contribution is 2.24. The van der Waals surface area contributed by atoms with Crippen molar-refractivity contribution in [3.05, 3.63) is 70.7 Å². The van der Waals surface area contributed by atoms with Crippen molar-refractivity contribution in [3.8, 4) is 11.5 Å². The lowest BCUT2D eigenvalue weighted by molar-refractivity contribution is 0.179. The van der Waals surface area contributed by atoms with Crippen molar-refractivity contribution in [1.82, 2.24) is 9.88 Å². The SMILES string of the molecule is Cc1nc(CN2CCC(CN=C(N)Nc3cccc(Oc4ccccc4)c3)CC2)cs1. The highest BCUT2D eigenvalue weighted by molar-refractivity contribution is 7.09. The number of ether oxygens (including phenoxy) is 1. The van der Waals surface area contributed by atoms with Gasteiger partial charge in [0.25, 0.3) is 0 Å². The second kappa shape index (κ2) is 10.4. The molecular formula is C24H29N5OS. The standard InChI is InChI=1S/C24H29N5OS/c1-18-27-21(17-31-18)16-29-12-10-19(11-13-29)15-26-24(25)28-20-6-5-9-23(14-20)30-22-7-3-2-4-8-22/h2-9,14,17,19H,10-13,15-16H2,1H3,(H3,25,26,28). The number of aryl methyl sites for hydroxylation is 1. The molecule has 162 valence electrons. The molecule has 3 aromatic rings. The molecule has 7 heteroatoms. The maximum Gasteiger partial charge on any atom is 0.193 e. The summed E-state index contributed by atoms with van der Waals surface area (Å²) < 4.78 is 5.88. The monoisotopic (exact) mass is 435 g/mol. The van der Waals surface area contributed by atoms with Gasteiger partial charge in [-0.3, -0.25) is 9.89 Å². The number of thiazole rings is 1. The van der Waals surface area contributed by atoms with E-state index >= 15 is 0 Å². The molecule has 1 aliphatic rings. The smallest absolute Gasteiger partial charge is 0.193 e. The molecule has 2 aromatic carbocycles. The molecule has 1 saturated heterocycles. The van der Waals surface area contributed by atoms with Crippen molar-refractivity contribution < 1.29 is 4.74 Å². The first-order valence-electron chi connectivity index (χ1n) is 10.7. The molecule has 4 rings (SSSR count). The molecule has 0 aliphatic carbocycles. The van der Waals surface area contributed by atoms with E-state index in [0.717, 1.165) is 61.2 Å². The Morgan fingerprint density at radius 2 is 1.94 bits per heavy atom. The van der Waals surface area contributed by atoms with Crippen molar-refractivity contribution >= 4 is 23.0 Å². The fourth-order valence-electron chi connectivity index (χ4n) is 3.71. The Morgan fingerprint density at radius 1 is 1.16 bits per heavy atom. The summed E-state index contributed by atoms with van der Waals surface area (Å²) in [6, 6.07) is 17.5. The van der Waals surface area contributed by atoms with Crippen molar-refractivity contribution in [2.24, 2.45) is 16.6 Å². The number of anilines is 1. The van der Waals surface area contributed by atoms with E-state index in [4.69, 9.17) is 10.5 Å². The third kappa shape index (κ3) is 6.54. The summed E-state index contributed by atoms with van der Waals surface area (Å²) in [6.45, 7) is 5.93. The molecule has 1 aliphatic heterocycles. The summed E-state index contributed by atoms with van der Waals surface area (Å²) in [4.78, 5) is 11.6. The molecule has 0 atom stereocenters. The number of hydrogen-bond donors (Lipinski definition) is 2. The van der Waals surface area contributed by atoms with Crippen molar-refractivity contribution in [2.45, 2.75) is 26.3 Å². The van der Waals surface area contributed by atoms with Gasteiger partial charge in [-0.25, -0.2) is 4.98 Å². The molecule has 0 amide bonds. The van der Waals surface area contributed by atoms with E-state index in [0.29, 0.717) is 11.9 Å². The van der Waals surface area contributed by atoms with E-state index < -0.39 is 0 Å². The van der Waals surface area contributed by atoms with Gasteiger partial charge in [0.15, 0.2) is 5.96 Å². The second-order valence-corrected chi connectivity index (χ2v) is 8.93. The summed E-state index contributed by atoms with van der Waals surface area (Å²) in [5.41, 5.74) is 8.19. The Morgan fingerprint density at radius 3 is 2.68 bits per heavy atom. The summed E-state index contributed by atoms with van der Waals surface area (Å²) in [7, 11) is 0. The third-order valence-corrected chi connectivity index (χ3v) is 6.19. The van der Waals surface area contributed by atoms with E-state index in [1.54, 1.807) is 11.3 Å². The topological polar surface area (TPSA) is 75.8 Å². The number of likely N-dealkylation sites (tertiary alicyclic amines) is 1. The first kappa shape index (κ1) is 21.3. The van der Waals surface area contributed by atoms with E-state index in [2.05, 4.69) is 32.5 Å². The molecule has 0 radical (unpaired) electrons. The van der Waals surface area contributed by atoms with E-state index in [9.17, 15) is 0 Å². The zero-order valence-corrected chi connectivity index (χ0v) is 18.6. The molecule has 0 spiro atoms. The quantitative estimate of drug-likeness (QED) is 0.408. The summed E-state index contributed by atoms with van der Waals surface area (Å²) in [6.07, 6.45) is 2.28. The molecule has 2 heterocycles. The van der Waals surface area contributed by atoms with Crippen LogP contribution in [-0.4, -0.2) is 35.5 Å². The lowest BCUT2D eigenvalue weighted by Crippen LogP contribution is -2.34. The second-order valence-electron chi connectivity index (χ2n) is 7.87. The Bertz CT molecular complexity index is 996. The van der Waals surface area contributed by atoms with Crippen LogP contribution in [0.4, 0.5) is 5.69 Å². The van der Waals surface area contributed by atoms with Gasteiger partial charge in [-0.05, 0) is 63.0 Å². The van der Waals surface area contributed by atoms with Crippen LogP contribution in [0.15, 0.2) is 65.0 Å². The minimum Gasteiger partial charge on any atom is -0.457 e. The number of nitrogens with zero attached hydrogens (tertiary/aromatic N) is 3. The predicted octanol–water partition coefficient (Wildman–Crippen LogP) is 4.88. The van der Waals surface area contributed by atoms with Crippen molar-refractivity contribution in [3.63, 3.8) is 0 Å². The van der Waals surface area contributed by atoms with E-state index in [1.807, 2.05) is 54.6 Å². The fraction of sp³-hybridized carbons (Fsp3) is 0.333. The molecular weight excluding hydrogens is 406 g/mol. The molecule has 6 nitrogen and oxygen atoms in total. The van der Waals surface area contributed by atoms with Crippen LogP contribution in [0.3, 0.4) is 0 Å². The van der Waals surface area contributed by atoms with Crippen molar-refractivity contribution in [2.75, 3.05) is 25.0 Å². The number of piperidine rings is 1. The fourth-order valence-corrected chi connectivity index (χ4v) is 4.32. The van der Waals surface area contributed by atoms with Gasteiger partial charge in [-0.1, -0.05) is 24.3 Å². The number of aromatic nitrogens is 1. The van der Waals surface area contributed by atoms with Gasteiger partial charge < -0.3 is 15.8 Å². The molecule has 0 saturated carbocycles. The van der Waals surface area contributed by atoms with Crippen LogP contribution in [-0.2, 0) is 6.54 Å². The largest absolute Gasteiger partial charge is 0.457 e. The lowest BCUT2D eigenvalue weighted by Gasteiger charge is -2.30. The van der Waals surface area contributed by atoms with E-state index in [1.165, 1.54) is 5.69 Å². The lowest BCUT2D eigenvalue weighted by atomic mass is 9.97. The number of benzene rings is 2. The molecule has 1 aromatic heterocycles.